The van der Waals surface area contributed by atoms with E-state index < -0.39 is 11.6 Å². The number of nitrogens with two attached hydrogens (primary N) is 1. The summed E-state index contributed by atoms with van der Waals surface area (Å²) in [6, 6.07) is 16.5. The van der Waals surface area contributed by atoms with Crippen molar-refractivity contribution in [1.82, 2.24) is 9.55 Å². The number of halogens is 2. The Morgan fingerprint density at radius 2 is 1.75 bits per heavy atom. The summed E-state index contributed by atoms with van der Waals surface area (Å²) in [5, 5.41) is 0. The maximum absolute atomic E-state index is 14.1. The molecule has 5 heteroatoms. The van der Waals surface area contributed by atoms with Gasteiger partial charge in [0.2, 0.25) is 0 Å². The van der Waals surface area contributed by atoms with Crippen molar-refractivity contribution in [2.45, 2.75) is 0 Å². The molecule has 0 atom stereocenters. The summed E-state index contributed by atoms with van der Waals surface area (Å²) in [7, 11) is 0. The minimum atomic E-state index is -0.623. The largest absolute Gasteiger partial charge is 0.399 e. The third-order valence-corrected chi connectivity index (χ3v) is 3.91. The van der Waals surface area contributed by atoms with Crippen LogP contribution in [0.3, 0.4) is 0 Å². The zero-order valence-corrected chi connectivity index (χ0v) is 12.6. The molecule has 4 aromatic rings. The Balaban J connectivity index is 1.91. The molecule has 0 bridgehead atoms. The highest BCUT2D eigenvalue weighted by Gasteiger charge is 2.10. The van der Waals surface area contributed by atoms with Crippen LogP contribution in [0.15, 0.2) is 67.0 Å². The minimum absolute atomic E-state index is 0.300. The van der Waals surface area contributed by atoms with Gasteiger partial charge in [0.15, 0.2) is 0 Å². The van der Waals surface area contributed by atoms with Crippen LogP contribution in [0.1, 0.15) is 0 Å². The first-order chi connectivity index (χ1) is 11.6. The number of aromatic nitrogens is 2. The lowest BCUT2D eigenvalue weighted by molar-refractivity contribution is 0.585. The summed E-state index contributed by atoms with van der Waals surface area (Å²) in [5.41, 5.74) is 9.92. The number of para-hydroxylation sites is 2. The lowest BCUT2D eigenvalue weighted by Gasteiger charge is -2.10. The molecule has 3 nitrogen and oxygen atoms in total. The van der Waals surface area contributed by atoms with Gasteiger partial charge in [0, 0.05) is 23.0 Å². The number of imidazole rings is 1. The highest BCUT2D eigenvalue weighted by Crippen LogP contribution is 2.29. The van der Waals surface area contributed by atoms with Crippen LogP contribution in [0.4, 0.5) is 14.5 Å². The second-order valence-corrected chi connectivity index (χ2v) is 5.54. The zero-order chi connectivity index (χ0) is 16.7. The summed E-state index contributed by atoms with van der Waals surface area (Å²) < 4.78 is 29.1. The molecule has 3 aromatic carbocycles. The van der Waals surface area contributed by atoms with Gasteiger partial charge in [-0.15, -0.1) is 0 Å². The highest BCUT2D eigenvalue weighted by molar-refractivity contribution is 5.79. The average molecular weight is 321 g/mol. The van der Waals surface area contributed by atoms with Crippen LogP contribution in [0.2, 0.25) is 0 Å². The number of nitrogens with zero attached hydrogens (tertiary/aromatic N) is 2. The van der Waals surface area contributed by atoms with E-state index in [1.165, 1.54) is 12.1 Å². The van der Waals surface area contributed by atoms with Crippen molar-refractivity contribution in [2.24, 2.45) is 0 Å². The molecule has 0 unspecified atom stereocenters. The molecule has 4 rings (SSSR count). The van der Waals surface area contributed by atoms with Gasteiger partial charge >= 0.3 is 0 Å². The number of nitrogen functional groups attached to an aromatic ring is 1. The quantitative estimate of drug-likeness (QED) is 0.550. The molecular formula is C19H13F2N3. The van der Waals surface area contributed by atoms with Gasteiger partial charge < -0.3 is 5.73 Å². The molecule has 0 spiro atoms. The van der Waals surface area contributed by atoms with E-state index in [2.05, 4.69) is 4.98 Å². The first kappa shape index (κ1) is 14.4. The van der Waals surface area contributed by atoms with Crippen LogP contribution < -0.4 is 5.73 Å². The molecule has 24 heavy (non-hydrogen) atoms. The summed E-state index contributed by atoms with van der Waals surface area (Å²) >= 11 is 0. The van der Waals surface area contributed by atoms with Crippen LogP contribution in [0, 0.1) is 11.6 Å². The lowest BCUT2D eigenvalue weighted by atomic mass is 10.0. The molecule has 0 amide bonds. The van der Waals surface area contributed by atoms with Gasteiger partial charge in [-0.3, -0.25) is 4.57 Å². The molecular weight excluding hydrogens is 308 g/mol. The SMILES string of the molecule is Nc1cc(-c2ccc(F)cc2F)cc(-n2cnc3ccccc32)c1. The fourth-order valence-corrected chi connectivity index (χ4v) is 2.82. The Labute approximate surface area is 137 Å². The van der Waals surface area contributed by atoms with Crippen LogP contribution in [0.5, 0.6) is 0 Å². The average Bonchev–Trinajstić information content (AvgIpc) is 2.98. The second kappa shape index (κ2) is 5.45. The number of hydrogen-bond donors (Lipinski definition) is 1. The number of hydrogen-bond acceptors (Lipinski definition) is 2. The predicted octanol–water partition coefficient (Wildman–Crippen LogP) is 4.55. The summed E-state index contributed by atoms with van der Waals surface area (Å²) in [6.07, 6.45) is 1.70. The maximum Gasteiger partial charge on any atom is 0.133 e. The van der Waals surface area contributed by atoms with Gasteiger partial charge in [-0.2, -0.15) is 0 Å². The van der Waals surface area contributed by atoms with Gasteiger partial charge in [0.1, 0.15) is 18.0 Å². The molecule has 1 heterocycles. The van der Waals surface area contributed by atoms with E-state index in [4.69, 9.17) is 5.73 Å². The summed E-state index contributed by atoms with van der Waals surface area (Å²) in [5.74, 6) is -1.23. The van der Waals surface area contributed by atoms with Crippen molar-refractivity contribution in [3.8, 4) is 16.8 Å². The molecule has 0 aliphatic heterocycles. The van der Waals surface area contributed by atoms with Crippen LogP contribution in [-0.2, 0) is 0 Å². The topological polar surface area (TPSA) is 43.8 Å². The standard InChI is InChI=1S/C19H13F2N3/c20-13-5-6-16(17(21)9-13)12-7-14(22)10-15(8-12)24-11-23-18-3-1-2-4-19(18)24/h1-11H,22H2. The van der Waals surface area contributed by atoms with E-state index in [1.54, 1.807) is 24.5 Å². The van der Waals surface area contributed by atoms with Crippen LogP contribution in [-0.4, -0.2) is 9.55 Å². The minimum Gasteiger partial charge on any atom is -0.399 e. The maximum atomic E-state index is 14.1. The van der Waals surface area contributed by atoms with E-state index in [0.717, 1.165) is 22.8 Å². The number of benzene rings is 3. The molecule has 1 aromatic heterocycles. The van der Waals surface area contributed by atoms with E-state index in [0.29, 0.717) is 16.8 Å². The van der Waals surface area contributed by atoms with E-state index in [9.17, 15) is 8.78 Å². The smallest absolute Gasteiger partial charge is 0.133 e. The van der Waals surface area contributed by atoms with Crippen molar-refractivity contribution < 1.29 is 8.78 Å². The Morgan fingerprint density at radius 3 is 2.58 bits per heavy atom. The molecule has 0 saturated carbocycles. The Bertz CT molecular complexity index is 1050. The van der Waals surface area contributed by atoms with Crippen LogP contribution >= 0.6 is 0 Å². The third kappa shape index (κ3) is 2.40. The van der Waals surface area contributed by atoms with Crippen molar-refractivity contribution in [1.29, 1.82) is 0 Å². The number of rotatable bonds is 2. The van der Waals surface area contributed by atoms with Gasteiger partial charge in [-0.25, -0.2) is 13.8 Å². The van der Waals surface area contributed by atoms with Gasteiger partial charge in [-0.1, -0.05) is 12.1 Å². The molecule has 0 fully saturated rings. The fourth-order valence-electron chi connectivity index (χ4n) is 2.82. The van der Waals surface area contributed by atoms with E-state index in [1.807, 2.05) is 28.8 Å². The van der Waals surface area contributed by atoms with Crippen molar-refractivity contribution >= 4 is 16.7 Å². The predicted molar refractivity (Wildman–Crippen MR) is 90.8 cm³/mol. The van der Waals surface area contributed by atoms with Crippen molar-refractivity contribution in [3.05, 3.63) is 78.6 Å². The normalized spacial score (nSPS) is 11.1. The molecule has 0 aliphatic rings. The van der Waals surface area contributed by atoms with Gasteiger partial charge in [0.05, 0.1) is 11.0 Å². The highest BCUT2D eigenvalue weighted by atomic mass is 19.1. The monoisotopic (exact) mass is 321 g/mol. The Morgan fingerprint density at radius 1 is 0.917 bits per heavy atom. The van der Waals surface area contributed by atoms with Crippen molar-refractivity contribution in [3.63, 3.8) is 0 Å². The molecule has 118 valence electrons. The van der Waals surface area contributed by atoms with E-state index >= 15 is 0 Å². The molecule has 0 radical (unpaired) electrons. The number of fused-ring (bicyclic) bond motifs is 1. The van der Waals surface area contributed by atoms with Crippen molar-refractivity contribution in [2.75, 3.05) is 5.73 Å². The number of anilines is 1. The third-order valence-electron chi connectivity index (χ3n) is 3.91. The summed E-state index contributed by atoms with van der Waals surface area (Å²) in [6.45, 7) is 0. The van der Waals surface area contributed by atoms with E-state index in [-0.39, 0.29) is 0 Å². The Hall–Kier alpha value is -3.21. The first-order valence-corrected chi connectivity index (χ1v) is 7.40. The van der Waals surface area contributed by atoms with Gasteiger partial charge in [-0.05, 0) is 48.0 Å². The Kier molecular flexibility index (Phi) is 3.27. The zero-order valence-electron chi connectivity index (χ0n) is 12.6. The lowest BCUT2D eigenvalue weighted by Crippen LogP contribution is -1.96. The fraction of sp³-hybridized carbons (Fsp3) is 0. The van der Waals surface area contributed by atoms with Crippen LogP contribution in [0.25, 0.3) is 27.8 Å². The second-order valence-electron chi connectivity index (χ2n) is 5.54. The molecule has 0 saturated heterocycles. The molecule has 2 N–H and O–H groups in total. The van der Waals surface area contributed by atoms with Gasteiger partial charge in [0.25, 0.3) is 0 Å². The molecule has 0 aliphatic carbocycles. The first-order valence-electron chi connectivity index (χ1n) is 7.40. The summed E-state index contributed by atoms with van der Waals surface area (Å²) in [4.78, 5) is 4.35.